The van der Waals surface area contributed by atoms with Gasteiger partial charge in [0.25, 0.3) is 0 Å². The normalized spacial score (nSPS) is 21.6. The van der Waals surface area contributed by atoms with Crippen molar-refractivity contribution in [3.63, 3.8) is 0 Å². The number of carbonyl (C=O) groups is 1. The van der Waals surface area contributed by atoms with Crippen LogP contribution in [0.25, 0.3) is 0 Å². The van der Waals surface area contributed by atoms with Crippen LogP contribution in [-0.2, 0) is 4.79 Å². The zero-order valence-electron chi connectivity index (χ0n) is 12.1. The van der Waals surface area contributed by atoms with Gasteiger partial charge in [0.05, 0.1) is 0 Å². The Morgan fingerprint density at radius 1 is 1.37 bits per heavy atom. The number of aryl methyl sites for hydroxylation is 2. The molecule has 104 valence electrons. The summed E-state index contributed by atoms with van der Waals surface area (Å²) in [4.78, 5) is 11.6. The van der Waals surface area contributed by atoms with Crippen molar-refractivity contribution in [3.8, 4) is 0 Å². The molecule has 3 nitrogen and oxygen atoms in total. The third kappa shape index (κ3) is 3.80. The summed E-state index contributed by atoms with van der Waals surface area (Å²) >= 11 is 0. The van der Waals surface area contributed by atoms with Crippen LogP contribution in [0.1, 0.15) is 48.9 Å². The summed E-state index contributed by atoms with van der Waals surface area (Å²) < 4.78 is 0. The standard InChI is InChI=1S/C16H24N2O/c1-11-6-7-15(12(2)9-11)13(3)18-14-5-4-8-17-16(19)10-14/h6-7,9,13-14,18H,4-5,8,10H2,1-3H3,(H,17,19). The SMILES string of the molecule is Cc1ccc(C(C)NC2CCCNC(=O)C2)c(C)c1. The van der Waals surface area contributed by atoms with E-state index in [-0.39, 0.29) is 11.9 Å². The summed E-state index contributed by atoms with van der Waals surface area (Å²) in [5.41, 5.74) is 3.94. The fourth-order valence-electron chi connectivity index (χ4n) is 2.87. The van der Waals surface area contributed by atoms with Crippen molar-refractivity contribution < 1.29 is 4.79 Å². The molecule has 1 amide bonds. The Morgan fingerprint density at radius 3 is 2.89 bits per heavy atom. The minimum Gasteiger partial charge on any atom is -0.356 e. The van der Waals surface area contributed by atoms with E-state index < -0.39 is 0 Å². The summed E-state index contributed by atoms with van der Waals surface area (Å²) in [5, 5.41) is 6.53. The highest BCUT2D eigenvalue weighted by atomic mass is 16.1. The first-order chi connectivity index (χ1) is 9.06. The quantitative estimate of drug-likeness (QED) is 0.877. The van der Waals surface area contributed by atoms with Crippen molar-refractivity contribution in [3.05, 3.63) is 34.9 Å². The summed E-state index contributed by atoms with van der Waals surface area (Å²) in [5.74, 6) is 0.169. The van der Waals surface area contributed by atoms with E-state index in [0.717, 1.165) is 19.4 Å². The Morgan fingerprint density at radius 2 is 2.16 bits per heavy atom. The molecule has 2 rings (SSSR count). The van der Waals surface area contributed by atoms with Crippen molar-refractivity contribution in [2.24, 2.45) is 0 Å². The van der Waals surface area contributed by atoms with Crippen molar-refractivity contribution in [1.29, 1.82) is 0 Å². The van der Waals surface area contributed by atoms with Crippen LogP contribution in [0.4, 0.5) is 0 Å². The van der Waals surface area contributed by atoms with Crippen molar-refractivity contribution in [1.82, 2.24) is 10.6 Å². The molecule has 2 unspecified atom stereocenters. The van der Waals surface area contributed by atoms with Gasteiger partial charge in [-0.25, -0.2) is 0 Å². The van der Waals surface area contributed by atoms with E-state index in [0.29, 0.717) is 12.5 Å². The minimum atomic E-state index is 0.169. The molecule has 0 radical (unpaired) electrons. The van der Waals surface area contributed by atoms with Crippen LogP contribution in [0.15, 0.2) is 18.2 Å². The van der Waals surface area contributed by atoms with Gasteiger partial charge in [0.15, 0.2) is 0 Å². The van der Waals surface area contributed by atoms with Gasteiger partial charge in [0.1, 0.15) is 0 Å². The molecule has 1 aromatic rings. The maximum absolute atomic E-state index is 11.6. The van der Waals surface area contributed by atoms with Crippen LogP contribution in [0.5, 0.6) is 0 Å². The average Bonchev–Trinajstić information content (AvgIpc) is 2.53. The van der Waals surface area contributed by atoms with Gasteiger partial charge in [0.2, 0.25) is 5.91 Å². The third-order valence-corrected chi connectivity index (χ3v) is 3.86. The summed E-state index contributed by atoms with van der Waals surface area (Å²) in [7, 11) is 0. The van der Waals surface area contributed by atoms with Crippen molar-refractivity contribution >= 4 is 5.91 Å². The Balaban J connectivity index is 2.03. The van der Waals surface area contributed by atoms with Crippen molar-refractivity contribution in [2.75, 3.05) is 6.54 Å². The van der Waals surface area contributed by atoms with Crippen LogP contribution in [0.2, 0.25) is 0 Å². The van der Waals surface area contributed by atoms with Gasteiger partial charge in [-0.05, 0) is 44.7 Å². The van der Waals surface area contributed by atoms with Gasteiger partial charge in [0, 0.05) is 25.0 Å². The van der Waals surface area contributed by atoms with Gasteiger partial charge in [-0.15, -0.1) is 0 Å². The molecule has 0 spiro atoms. The van der Waals surface area contributed by atoms with Crippen LogP contribution < -0.4 is 10.6 Å². The molecule has 2 atom stereocenters. The monoisotopic (exact) mass is 260 g/mol. The Bertz CT molecular complexity index is 456. The first-order valence-corrected chi connectivity index (χ1v) is 7.16. The van der Waals surface area contributed by atoms with Gasteiger partial charge >= 0.3 is 0 Å². The molecule has 0 aromatic heterocycles. The number of rotatable bonds is 3. The Kier molecular flexibility index (Phi) is 4.59. The predicted molar refractivity (Wildman–Crippen MR) is 78.1 cm³/mol. The molecule has 19 heavy (non-hydrogen) atoms. The molecule has 2 N–H and O–H groups in total. The first kappa shape index (κ1) is 14.1. The molecule has 1 fully saturated rings. The second-order valence-corrected chi connectivity index (χ2v) is 5.64. The number of nitrogens with one attached hydrogen (secondary N) is 2. The minimum absolute atomic E-state index is 0.169. The van der Waals surface area contributed by atoms with Gasteiger partial charge in [-0.1, -0.05) is 23.8 Å². The molecule has 1 aliphatic heterocycles. The van der Waals surface area contributed by atoms with E-state index in [1.807, 2.05) is 0 Å². The third-order valence-electron chi connectivity index (χ3n) is 3.86. The molecular weight excluding hydrogens is 236 g/mol. The molecule has 1 aromatic carbocycles. The lowest BCUT2D eigenvalue weighted by molar-refractivity contribution is -0.121. The lowest BCUT2D eigenvalue weighted by atomic mass is 9.98. The van der Waals surface area contributed by atoms with Gasteiger partial charge in [-0.3, -0.25) is 4.79 Å². The summed E-state index contributed by atoms with van der Waals surface area (Å²) in [6, 6.07) is 7.14. The fourth-order valence-corrected chi connectivity index (χ4v) is 2.87. The number of benzene rings is 1. The predicted octanol–water partition coefficient (Wildman–Crippen LogP) is 2.62. The maximum Gasteiger partial charge on any atom is 0.221 e. The van der Waals surface area contributed by atoms with Crippen LogP contribution in [0.3, 0.4) is 0 Å². The van der Waals surface area contributed by atoms with Crippen molar-refractivity contribution in [2.45, 2.75) is 52.1 Å². The van der Waals surface area contributed by atoms with E-state index in [4.69, 9.17) is 0 Å². The molecule has 0 aliphatic carbocycles. The van der Waals surface area contributed by atoms with Crippen LogP contribution >= 0.6 is 0 Å². The molecule has 1 heterocycles. The first-order valence-electron chi connectivity index (χ1n) is 7.16. The molecule has 0 saturated carbocycles. The second-order valence-electron chi connectivity index (χ2n) is 5.64. The maximum atomic E-state index is 11.6. The molecule has 1 saturated heterocycles. The smallest absolute Gasteiger partial charge is 0.221 e. The highest BCUT2D eigenvalue weighted by Crippen LogP contribution is 2.20. The van der Waals surface area contributed by atoms with Gasteiger partial charge < -0.3 is 10.6 Å². The second kappa shape index (κ2) is 6.20. The summed E-state index contributed by atoms with van der Waals surface area (Å²) in [6.45, 7) is 7.26. The van der Waals surface area contributed by atoms with E-state index in [1.165, 1.54) is 16.7 Å². The zero-order valence-corrected chi connectivity index (χ0v) is 12.1. The van der Waals surface area contributed by atoms with E-state index >= 15 is 0 Å². The Hall–Kier alpha value is -1.35. The lowest BCUT2D eigenvalue weighted by Gasteiger charge is -2.23. The topological polar surface area (TPSA) is 41.1 Å². The fraction of sp³-hybridized carbons (Fsp3) is 0.562. The van der Waals surface area contributed by atoms with E-state index in [1.54, 1.807) is 0 Å². The molecular formula is C16H24N2O. The molecule has 3 heteroatoms. The van der Waals surface area contributed by atoms with E-state index in [2.05, 4.69) is 49.6 Å². The highest BCUT2D eigenvalue weighted by Gasteiger charge is 2.19. The number of amides is 1. The van der Waals surface area contributed by atoms with Crippen LogP contribution in [0, 0.1) is 13.8 Å². The Labute approximate surface area is 115 Å². The molecule has 0 bridgehead atoms. The number of hydrogen-bond donors (Lipinski definition) is 2. The lowest BCUT2D eigenvalue weighted by Crippen LogP contribution is -2.34. The summed E-state index contributed by atoms with van der Waals surface area (Å²) in [6.07, 6.45) is 2.71. The van der Waals surface area contributed by atoms with E-state index in [9.17, 15) is 4.79 Å². The number of hydrogen-bond acceptors (Lipinski definition) is 2. The molecule has 1 aliphatic rings. The zero-order chi connectivity index (χ0) is 13.8. The van der Waals surface area contributed by atoms with Crippen LogP contribution in [-0.4, -0.2) is 18.5 Å². The van der Waals surface area contributed by atoms with Gasteiger partial charge in [-0.2, -0.15) is 0 Å². The number of carbonyl (C=O) groups excluding carboxylic acids is 1. The highest BCUT2D eigenvalue weighted by molar-refractivity contribution is 5.76. The largest absolute Gasteiger partial charge is 0.356 e. The average molecular weight is 260 g/mol.